The highest BCUT2D eigenvalue weighted by Gasteiger charge is 2.17. The fourth-order valence-electron chi connectivity index (χ4n) is 2.81. The number of hydrazone groups is 1. The zero-order valence-corrected chi connectivity index (χ0v) is 19.3. The molecule has 0 aliphatic carbocycles. The molecule has 1 aliphatic rings. The van der Waals surface area contributed by atoms with Crippen molar-refractivity contribution in [3.05, 3.63) is 86.1 Å². The van der Waals surface area contributed by atoms with Crippen LogP contribution in [-0.2, 0) is 0 Å². The lowest BCUT2D eigenvalue weighted by Gasteiger charge is -2.10. The molecule has 3 aromatic carbocycles. The van der Waals surface area contributed by atoms with Crippen molar-refractivity contribution in [2.75, 3.05) is 6.79 Å². The summed E-state index contributed by atoms with van der Waals surface area (Å²) in [5.41, 5.74) is 3.19. The Kier molecular flexibility index (Phi) is 6.52. The largest absolute Gasteiger partial charge is 0.454 e. The minimum absolute atomic E-state index is 0.0545. The summed E-state index contributed by atoms with van der Waals surface area (Å²) in [5, 5.41) is 3.96. The minimum Gasteiger partial charge on any atom is -0.454 e. The Hall–Kier alpha value is -3.24. The first-order valence-corrected chi connectivity index (χ1v) is 10.7. The van der Waals surface area contributed by atoms with Gasteiger partial charge in [0.15, 0.2) is 17.2 Å². The monoisotopic (exact) mass is 562 g/mol. The molecule has 0 unspecified atom stereocenters. The summed E-state index contributed by atoms with van der Waals surface area (Å²) in [6.07, 6.45) is 1.33. The van der Waals surface area contributed by atoms with Crippen molar-refractivity contribution in [2.45, 2.75) is 0 Å². The molecule has 1 amide bonds. The third kappa shape index (κ3) is 4.97. The molecule has 0 fully saturated rings. The molecule has 0 saturated carbocycles. The lowest BCUT2D eigenvalue weighted by atomic mass is 10.2. The summed E-state index contributed by atoms with van der Waals surface area (Å²) in [6, 6.07) is 13.3. The molecule has 0 saturated heterocycles. The van der Waals surface area contributed by atoms with Crippen LogP contribution < -0.4 is 19.6 Å². The van der Waals surface area contributed by atoms with E-state index in [1.807, 2.05) is 0 Å². The van der Waals surface area contributed by atoms with Crippen molar-refractivity contribution in [3.8, 4) is 17.2 Å². The normalized spacial score (nSPS) is 12.1. The van der Waals surface area contributed by atoms with Gasteiger partial charge in [-0.3, -0.25) is 4.79 Å². The number of nitrogens with one attached hydrogen (secondary N) is 1. The number of rotatable bonds is 5. The summed E-state index contributed by atoms with van der Waals surface area (Å²) in [6.45, 7) is 0.105. The van der Waals surface area contributed by atoms with Crippen molar-refractivity contribution in [1.82, 2.24) is 5.43 Å². The molecule has 162 valence electrons. The highest BCUT2D eigenvalue weighted by molar-refractivity contribution is 9.11. The number of carbonyl (C=O) groups excluding carboxylic acids is 2. The van der Waals surface area contributed by atoms with Crippen LogP contribution >= 0.6 is 31.9 Å². The van der Waals surface area contributed by atoms with Crippen LogP contribution in [-0.4, -0.2) is 24.9 Å². The molecule has 0 bridgehead atoms. The molecule has 0 atom stereocenters. The molecule has 10 heteroatoms. The minimum atomic E-state index is -0.744. The average molecular weight is 564 g/mol. The van der Waals surface area contributed by atoms with E-state index in [4.69, 9.17) is 14.2 Å². The van der Waals surface area contributed by atoms with Gasteiger partial charge in [0.2, 0.25) is 6.79 Å². The van der Waals surface area contributed by atoms with Gasteiger partial charge in [0.1, 0.15) is 5.82 Å². The third-order valence-corrected chi connectivity index (χ3v) is 5.34. The lowest BCUT2D eigenvalue weighted by Crippen LogP contribution is -2.17. The van der Waals surface area contributed by atoms with Crippen LogP contribution in [0.1, 0.15) is 26.3 Å². The molecule has 0 radical (unpaired) electrons. The van der Waals surface area contributed by atoms with E-state index in [-0.39, 0.29) is 18.1 Å². The topological polar surface area (TPSA) is 86.2 Å². The number of fused-ring (bicyclic) bond motifs is 1. The van der Waals surface area contributed by atoms with Gasteiger partial charge in [-0.15, -0.1) is 0 Å². The van der Waals surface area contributed by atoms with E-state index in [9.17, 15) is 14.0 Å². The van der Waals surface area contributed by atoms with Crippen LogP contribution in [0.2, 0.25) is 0 Å². The number of ether oxygens (including phenoxy) is 3. The van der Waals surface area contributed by atoms with Gasteiger partial charge >= 0.3 is 5.97 Å². The van der Waals surface area contributed by atoms with Crippen molar-refractivity contribution in [2.24, 2.45) is 5.10 Å². The van der Waals surface area contributed by atoms with E-state index in [1.54, 1.807) is 30.3 Å². The van der Waals surface area contributed by atoms with Crippen LogP contribution in [0.15, 0.2) is 68.6 Å². The number of benzene rings is 3. The highest BCUT2D eigenvalue weighted by atomic mass is 79.9. The Morgan fingerprint density at radius 1 is 1.03 bits per heavy atom. The second kappa shape index (κ2) is 9.49. The molecule has 0 spiro atoms. The van der Waals surface area contributed by atoms with E-state index in [0.717, 1.165) is 6.07 Å². The Bertz CT molecular complexity index is 1250. The van der Waals surface area contributed by atoms with Gasteiger partial charge in [-0.2, -0.15) is 5.10 Å². The van der Waals surface area contributed by atoms with Gasteiger partial charge in [-0.1, -0.05) is 22.0 Å². The van der Waals surface area contributed by atoms with E-state index < -0.39 is 17.7 Å². The van der Waals surface area contributed by atoms with Crippen molar-refractivity contribution >= 4 is 50.0 Å². The van der Waals surface area contributed by atoms with Crippen molar-refractivity contribution in [1.29, 1.82) is 0 Å². The van der Waals surface area contributed by atoms with Crippen molar-refractivity contribution in [3.63, 3.8) is 0 Å². The number of halogens is 3. The number of amides is 1. The molecule has 1 N–H and O–H groups in total. The van der Waals surface area contributed by atoms with Gasteiger partial charge in [-0.25, -0.2) is 14.6 Å². The Balaban J connectivity index is 1.52. The maximum absolute atomic E-state index is 13.4. The summed E-state index contributed by atoms with van der Waals surface area (Å²) in [5.74, 6) is -0.567. The number of hydrogen-bond donors (Lipinski definition) is 1. The van der Waals surface area contributed by atoms with E-state index in [0.29, 0.717) is 31.6 Å². The third-order valence-electron chi connectivity index (χ3n) is 4.30. The number of esters is 1. The van der Waals surface area contributed by atoms with Crippen LogP contribution in [0.5, 0.6) is 17.2 Å². The van der Waals surface area contributed by atoms with Gasteiger partial charge in [0.25, 0.3) is 5.91 Å². The second-order valence-electron chi connectivity index (χ2n) is 6.47. The van der Waals surface area contributed by atoms with Gasteiger partial charge in [0, 0.05) is 15.6 Å². The fourth-order valence-corrected chi connectivity index (χ4v) is 4.15. The smallest absolute Gasteiger partial charge is 0.343 e. The number of nitrogens with zero attached hydrogens (tertiary/aromatic N) is 1. The zero-order valence-electron chi connectivity index (χ0n) is 16.1. The molecule has 7 nitrogen and oxygen atoms in total. The van der Waals surface area contributed by atoms with Crippen molar-refractivity contribution < 1.29 is 28.2 Å². The maximum atomic E-state index is 13.4. The lowest BCUT2D eigenvalue weighted by molar-refractivity contribution is 0.0732. The molecule has 1 heterocycles. The Labute approximate surface area is 198 Å². The average Bonchev–Trinajstić information content (AvgIpc) is 3.23. The van der Waals surface area contributed by atoms with Crippen LogP contribution in [0.4, 0.5) is 4.39 Å². The number of carbonyl (C=O) groups is 2. The van der Waals surface area contributed by atoms with E-state index in [1.165, 1.54) is 24.4 Å². The number of hydrogen-bond acceptors (Lipinski definition) is 6. The molecule has 4 rings (SSSR count). The predicted octanol–water partition coefficient (Wildman–Crippen LogP) is 5.06. The summed E-state index contributed by atoms with van der Waals surface area (Å²) in [4.78, 5) is 24.8. The Morgan fingerprint density at radius 2 is 1.84 bits per heavy atom. The van der Waals surface area contributed by atoms with Crippen LogP contribution in [0.25, 0.3) is 0 Å². The summed E-state index contributed by atoms with van der Waals surface area (Å²) >= 11 is 6.70. The van der Waals surface area contributed by atoms with Gasteiger partial charge in [0.05, 0.1) is 16.3 Å². The first-order chi connectivity index (χ1) is 15.4. The maximum Gasteiger partial charge on any atom is 0.343 e. The molecular weight excluding hydrogens is 551 g/mol. The van der Waals surface area contributed by atoms with E-state index >= 15 is 0 Å². The molecule has 32 heavy (non-hydrogen) atoms. The molecule has 0 aromatic heterocycles. The van der Waals surface area contributed by atoms with Crippen LogP contribution in [0.3, 0.4) is 0 Å². The van der Waals surface area contributed by atoms with Crippen LogP contribution in [0, 0.1) is 5.82 Å². The predicted molar refractivity (Wildman–Crippen MR) is 121 cm³/mol. The second-order valence-corrected chi connectivity index (χ2v) is 8.24. The summed E-state index contributed by atoms with van der Waals surface area (Å²) in [7, 11) is 0. The Morgan fingerprint density at radius 3 is 2.66 bits per heavy atom. The SMILES string of the molecule is O=C(N/N=C\c1cc(Br)cc(Br)c1OC(=O)c1cccc(F)c1)c1ccc2c(c1)OCO2. The first-order valence-electron chi connectivity index (χ1n) is 9.10. The zero-order chi connectivity index (χ0) is 22.7. The molecular formula is C22H13Br2FN2O5. The fraction of sp³-hybridized carbons (Fsp3) is 0.0455. The molecule has 3 aromatic rings. The molecule has 1 aliphatic heterocycles. The highest BCUT2D eigenvalue weighted by Crippen LogP contribution is 2.33. The quantitative estimate of drug-likeness (QED) is 0.203. The van der Waals surface area contributed by atoms with Gasteiger partial charge < -0.3 is 14.2 Å². The van der Waals surface area contributed by atoms with Gasteiger partial charge in [-0.05, 0) is 64.5 Å². The standard InChI is InChI=1S/C22H13Br2FN2O5/c23-15-6-14(10-26-27-21(28)12-4-5-18-19(8-12)31-11-30-18)20(17(24)9-15)32-22(29)13-2-1-3-16(25)7-13/h1-10H,11H2,(H,27,28)/b26-10-. The van der Waals surface area contributed by atoms with E-state index in [2.05, 4.69) is 42.4 Å². The summed E-state index contributed by atoms with van der Waals surface area (Å²) < 4.78 is 30.5. The first kappa shape index (κ1) is 22.0.